The lowest BCUT2D eigenvalue weighted by Gasteiger charge is -2.06. The van der Waals surface area contributed by atoms with Crippen LogP contribution in [0.15, 0.2) is 53.2 Å². The Balaban J connectivity index is 1.74. The van der Waals surface area contributed by atoms with Crippen LogP contribution in [0.5, 0.6) is 5.88 Å². The maximum absolute atomic E-state index is 12.7. The predicted molar refractivity (Wildman–Crippen MR) is 73.3 cm³/mol. The van der Waals surface area contributed by atoms with E-state index in [1.165, 1.54) is 12.1 Å². The molecule has 23 heavy (non-hydrogen) atoms. The molecular weight excluding hydrogens is 311 g/mol. The topological polar surface area (TPSA) is 61.0 Å². The van der Waals surface area contributed by atoms with Gasteiger partial charge in [0.05, 0.1) is 5.56 Å². The number of alkyl halides is 3. The van der Waals surface area contributed by atoms with Gasteiger partial charge in [0.1, 0.15) is 0 Å². The SMILES string of the molecule is FC(F)(F)c1cccc(-c2noc(COc3ccccn3)n2)c1. The summed E-state index contributed by atoms with van der Waals surface area (Å²) in [4.78, 5) is 7.98. The van der Waals surface area contributed by atoms with Crippen LogP contribution in [0.1, 0.15) is 11.5 Å². The molecule has 0 saturated heterocycles. The molecule has 118 valence electrons. The van der Waals surface area contributed by atoms with Gasteiger partial charge in [0, 0.05) is 17.8 Å². The molecule has 8 heteroatoms. The van der Waals surface area contributed by atoms with Gasteiger partial charge in [-0.2, -0.15) is 18.2 Å². The largest absolute Gasteiger partial charge is 0.468 e. The van der Waals surface area contributed by atoms with E-state index in [-0.39, 0.29) is 23.9 Å². The highest BCUT2D eigenvalue weighted by molar-refractivity contribution is 5.55. The normalized spacial score (nSPS) is 11.4. The third-order valence-electron chi connectivity index (χ3n) is 2.90. The predicted octanol–water partition coefficient (Wildman–Crippen LogP) is 3.73. The maximum Gasteiger partial charge on any atom is 0.416 e. The molecule has 0 amide bonds. The first-order valence-corrected chi connectivity index (χ1v) is 6.56. The van der Waals surface area contributed by atoms with E-state index in [0.29, 0.717) is 5.88 Å². The van der Waals surface area contributed by atoms with Gasteiger partial charge in [-0.3, -0.25) is 0 Å². The molecule has 0 fully saturated rings. The fourth-order valence-electron chi connectivity index (χ4n) is 1.83. The average molecular weight is 321 g/mol. The number of hydrogen-bond donors (Lipinski definition) is 0. The van der Waals surface area contributed by atoms with Gasteiger partial charge in [-0.05, 0) is 18.2 Å². The van der Waals surface area contributed by atoms with E-state index < -0.39 is 11.7 Å². The Morgan fingerprint density at radius 1 is 1.09 bits per heavy atom. The van der Waals surface area contributed by atoms with Crippen LogP contribution in [0.3, 0.4) is 0 Å². The Morgan fingerprint density at radius 2 is 1.96 bits per heavy atom. The van der Waals surface area contributed by atoms with Gasteiger partial charge in [0.15, 0.2) is 6.61 Å². The molecule has 0 aliphatic heterocycles. The molecule has 0 atom stereocenters. The highest BCUT2D eigenvalue weighted by atomic mass is 19.4. The van der Waals surface area contributed by atoms with E-state index >= 15 is 0 Å². The van der Waals surface area contributed by atoms with Crippen molar-refractivity contribution < 1.29 is 22.4 Å². The minimum Gasteiger partial charge on any atom is -0.468 e. The Morgan fingerprint density at radius 3 is 2.70 bits per heavy atom. The number of nitrogens with zero attached hydrogens (tertiary/aromatic N) is 3. The number of ether oxygens (including phenoxy) is 1. The van der Waals surface area contributed by atoms with E-state index in [0.717, 1.165) is 12.1 Å². The lowest BCUT2D eigenvalue weighted by atomic mass is 10.1. The van der Waals surface area contributed by atoms with E-state index in [9.17, 15) is 13.2 Å². The average Bonchev–Trinajstić information content (AvgIpc) is 3.02. The lowest BCUT2D eigenvalue weighted by molar-refractivity contribution is -0.137. The molecule has 0 unspecified atom stereocenters. The molecule has 0 N–H and O–H groups in total. The highest BCUT2D eigenvalue weighted by Crippen LogP contribution is 2.31. The molecule has 2 heterocycles. The van der Waals surface area contributed by atoms with Crippen molar-refractivity contribution >= 4 is 0 Å². The standard InChI is InChI=1S/C15H10F3N3O2/c16-15(17,18)11-5-3-4-10(8-11)14-20-13(23-21-14)9-22-12-6-1-2-7-19-12/h1-8H,9H2. The second kappa shape index (κ2) is 6.07. The number of benzene rings is 1. The first kappa shape index (κ1) is 15.0. The van der Waals surface area contributed by atoms with E-state index in [1.54, 1.807) is 24.4 Å². The number of pyridine rings is 1. The van der Waals surface area contributed by atoms with Crippen molar-refractivity contribution in [3.8, 4) is 17.3 Å². The summed E-state index contributed by atoms with van der Waals surface area (Å²) in [5.41, 5.74) is -0.557. The Bertz CT molecular complexity index is 788. The summed E-state index contributed by atoms with van der Waals surface area (Å²) in [7, 11) is 0. The molecule has 0 radical (unpaired) electrons. The fourth-order valence-corrected chi connectivity index (χ4v) is 1.83. The van der Waals surface area contributed by atoms with Crippen LogP contribution in [0.25, 0.3) is 11.4 Å². The molecule has 0 bridgehead atoms. The van der Waals surface area contributed by atoms with Gasteiger partial charge in [-0.1, -0.05) is 23.4 Å². The Labute approximate surface area is 128 Å². The zero-order valence-corrected chi connectivity index (χ0v) is 11.6. The number of rotatable bonds is 4. The molecule has 1 aromatic carbocycles. The van der Waals surface area contributed by atoms with Crippen LogP contribution in [-0.2, 0) is 12.8 Å². The summed E-state index contributed by atoms with van der Waals surface area (Å²) in [6.07, 6.45) is -2.86. The molecule has 5 nitrogen and oxygen atoms in total. The van der Waals surface area contributed by atoms with Crippen molar-refractivity contribution in [2.75, 3.05) is 0 Å². The monoisotopic (exact) mass is 321 g/mol. The fraction of sp³-hybridized carbons (Fsp3) is 0.133. The summed E-state index contributed by atoms with van der Waals surface area (Å²) >= 11 is 0. The smallest absolute Gasteiger partial charge is 0.416 e. The van der Waals surface area contributed by atoms with Gasteiger partial charge in [-0.15, -0.1) is 0 Å². The lowest BCUT2D eigenvalue weighted by Crippen LogP contribution is -2.04. The minimum absolute atomic E-state index is 0.0248. The maximum atomic E-state index is 12.7. The number of halogens is 3. The van der Waals surface area contributed by atoms with Crippen molar-refractivity contribution in [2.24, 2.45) is 0 Å². The molecule has 0 spiro atoms. The third-order valence-corrected chi connectivity index (χ3v) is 2.90. The van der Waals surface area contributed by atoms with Gasteiger partial charge >= 0.3 is 6.18 Å². The van der Waals surface area contributed by atoms with Crippen molar-refractivity contribution in [1.29, 1.82) is 0 Å². The van der Waals surface area contributed by atoms with Crippen LogP contribution in [0, 0.1) is 0 Å². The van der Waals surface area contributed by atoms with Crippen LogP contribution < -0.4 is 4.74 Å². The van der Waals surface area contributed by atoms with Gasteiger partial charge in [0.2, 0.25) is 11.7 Å². The van der Waals surface area contributed by atoms with Crippen molar-refractivity contribution in [1.82, 2.24) is 15.1 Å². The van der Waals surface area contributed by atoms with Gasteiger partial charge in [-0.25, -0.2) is 4.98 Å². The zero-order chi connectivity index (χ0) is 16.3. The summed E-state index contributed by atoms with van der Waals surface area (Å²) in [5, 5.41) is 3.67. The summed E-state index contributed by atoms with van der Waals surface area (Å²) in [6, 6.07) is 9.87. The second-order valence-corrected chi connectivity index (χ2v) is 4.55. The first-order chi connectivity index (χ1) is 11.0. The Hall–Kier alpha value is -2.90. The van der Waals surface area contributed by atoms with Crippen molar-refractivity contribution in [3.63, 3.8) is 0 Å². The van der Waals surface area contributed by atoms with Crippen molar-refractivity contribution in [3.05, 3.63) is 60.1 Å². The van der Waals surface area contributed by atoms with Crippen LogP contribution >= 0.6 is 0 Å². The van der Waals surface area contributed by atoms with E-state index in [1.807, 2.05) is 0 Å². The zero-order valence-electron chi connectivity index (χ0n) is 11.6. The molecule has 0 aliphatic carbocycles. The second-order valence-electron chi connectivity index (χ2n) is 4.55. The van der Waals surface area contributed by atoms with Crippen molar-refractivity contribution in [2.45, 2.75) is 12.8 Å². The van der Waals surface area contributed by atoms with E-state index in [2.05, 4.69) is 15.1 Å². The van der Waals surface area contributed by atoms with Crippen LogP contribution in [0.4, 0.5) is 13.2 Å². The van der Waals surface area contributed by atoms with E-state index in [4.69, 9.17) is 9.26 Å². The minimum atomic E-state index is -4.43. The molecule has 3 aromatic rings. The van der Waals surface area contributed by atoms with Crippen LogP contribution in [0.2, 0.25) is 0 Å². The van der Waals surface area contributed by atoms with Gasteiger partial charge in [0.25, 0.3) is 5.89 Å². The third kappa shape index (κ3) is 3.65. The quantitative estimate of drug-likeness (QED) is 0.733. The van der Waals surface area contributed by atoms with Gasteiger partial charge < -0.3 is 9.26 Å². The molecule has 0 saturated carbocycles. The number of hydrogen-bond acceptors (Lipinski definition) is 5. The molecule has 3 rings (SSSR count). The highest BCUT2D eigenvalue weighted by Gasteiger charge is 2.30. The summed E-state index contributed by atoms with van der Waals surface area (Å²) < 4.78 is 48.4. The molecule has 2 aromatic heterocycles. The van der Waals surface area contributed by atoms with Crippen LogP contribution in [-0.4, -0.2) is 15.1 Å². The Kier molecular flexibility index (Phi) is 3.96. The number of aromatic nitrogens is 3. The molecule has 0 aliphatic rings. The summed E-state index contributed by atoms with van der Waals surface area (Å²) in [6.45, 7) is -0.0248. The first-order valence-electron chi connectivity index (χ1n) is 6.56. The summed E-state index contributed by atoms with van der Waals surface area (Å²) in [5.74, 6) is 0.588. The molecular formula is C15H10F3N3O2.